The van der Waals surface area contributed by atoms with Crippen LogP contribution in [-0.4, -0.2) is 109 Å². The minimum Gasteiger partial charge on any atom is -0.451 e. The van der Waals surface area contributed by atoms with Gasteiger partial charge >= 0.3 is 6.16 Å². The third-order valence-electron chi connectivity index (χ3n) is 7.88. The van der Waals surface area contributed by atoms with Crippen molar-refractivity contribution in [3.05, 3.63) is 63.1 Å². The molecule has 3 aliphatic rings. The van der Waals surface area contributed by atoms with Crippen molar-refractivity contribution in [1.29, 1.82) is 0 Å². The molecule has 0 N–H and O–H groups in total. The number of benzene rings is 1. The highest BCUT2D eigenvalue weighted by atomic mass is 19.1. The van der Waals surface area contributed by atoms with Gasteiger partial charge in [0.05, 0.1) is 24.8 Å². The molecular formula is C29H34F2N4O8. The number of aryl methyl sites for hydroxylation is 1. The largest absolute Gasteiger partial charge is 0.511 e. The van der Waals surface area contributed by atoms with Crippen molar-refractivity contribution in [2.75, 3.05) is 59.8 Å². The van der Waals surface area contributed by atoms with Crippen molar-refractivity contribution in [1.82, 2.24) is 19.3 Å². The van der Waals surface area contributed by atoms with Crippen molar-refractivity contribution in [3.8, 4) is 5.75 Å². The van der Waals surface area contributed by atoms with Crippen LogP contribution < -0.4 is 10.2 Å². The summed E-state index contributed by atoms with van der Waals surface area (Å²) in [6.07, 6.45) is -0.689. The van der Waals surface area contributed by atoms with E-state index >= 15 is 0 Å². The van der Waals surface area contributed by atoms with Crippen LogP contribution in [0.5, 0.6) is 5.75 Å². The second kappa shape index (κ2) is 13.2. The first-order chi connectivity index (χ1) is 20.6. The molecule has 5 rings (SSSR count). The van der Waals surface area contributed by atoms with E-state index in [4.69, 9.17) is 18.9 Å². The summed E-state index contributed by atoms with van der Waals surface area (Å²) in [5, 5.41) is 0. The lowest BCUT2D eigenvalue weighted by Gasteiger charge is -2.34. The first-order valence-electron chi connectivity index (χ1n) is 14.1. The van der Waals surface area contributed by atoms with Gasteiger partial charge in [-0.25, -0.2) is 13.6 Å². The molecule has 2 saturated heterocycles. The Hall–Kier alpha value is -3.88. The number of carbonyl (C=O) groups excluding carboxylic acids is 3. The lowest BCUT2D eigenvalue weighted by Crippen LogP contribution is -2.49. The Kier molecular flexibility index (Phi) is 9.37. The van der Waals surface area contributed by atoms with Crippen LogP contribution in [0.2, 0.25) is 0 Å². The predicted octanol–water partition coefficient (Wildman–Crippen LogP) is 1.88. The molecule has 2 atom stereocenters. The number of ketones is 1. The van der Waals surface area contributed by atoms with Crippen LogP contribution in [0.25, 0.3) is 0 Å². The number of carbonyl (C=O) groups is 3. The zero-order valence-corrected chi connectivity index (χ0v) is 24.1. The van der Waals surface area contributed by atoms with Crippen LogP contribution >= 0.6 is 0 Å². The maximum Gasteiger partial charge on any atom is 0.511 e. The van der Waals surface area contributed by atoms with Gasteiger partial charge in [-0.3, -0.25) is 19.3 Å². The highest BCUT2D eigenvalue weighted by Crippen LogP contribution is 2.30. The fraction of sp³-hybridized carbons (Fsp3) is 0.517. The zero-order valence-electron chi connectivity index (χ0n) is 24.1. The zero-order chi connectivity index (χ0) is 30.7. The summed E-state index contributed by atoms with van der Waals surface area (Å²) >= 11 is 0. The monoisotopic (exact) mass is 604 g/mol. The number of halogens is 2. The first-order valence-corrected chi connectivity index (χ1v) is 14.1. The summed E-state index contributed by atoms with van der Waals surface area (Å²) in [5.74, 6) is -3.16. The Morgan fingerprint density at radius 1 is 1.09 bits per heavy atom. The van der Waals surface area contributed by atoms with Gasteiger partial charge in [0, 0.05) is 51.4 Å². The lowest BCUT2D eigenvalue weighted by atomic mass is 10.0. The smallest absolute Gasteiger partial charge is 0.451 e. The molecule has 0 radical (unpaired) electrons. The number of aromatic nitrogens is 1. The average Bonchev–Trinajstić information content (AvgIpc) is 3.35. The van der Waals surface area contributed by atoms with Gasteiger partial charge in [-0.05, 0) is 32.0 Å². The maximum absolute atomic E-state index is 14.1. The number of ether oxygens (including phenoxy) is 4. The molecule has 0 bridgehead atoms. The summed E-state index contributed by atoms with van der Waals surface area (Å²) in [6.45, 7) is 5.69. The molecule has 1 aromatic heterocycles. The number of fused-ring (bicyclic) bond motifs is 2. The highest BCUT2D eigenvalue weighted by molar-refractivity contribution is 6.00. The van der Waals surface area contributed by atoms with E-state index in [1.807, 2.05) is 7.05 Å². The van der Waals surface area contributed by atoms with E-state index in [1.165, 1.54) is 21.7 Å². The third kappa shape index (κ3) is 6.86. The molecular weight excluding hydrogens is 570 g/mol. The summed E-state index contributed by atoms with van der Waals surface area (Å²) in [4.78, 5) is 58.2. The van der Waals surface area contributed by atoms with E-state index in [0.717, 1.165) is 38.3 Å². The number of pyridine rings is 1. The highest BCUT2D eigenvalue weighted by Gasteiger charge is 2.43. The first kappa shape index (κ1) is 30.6. The van der Waals surface area contributed by atoms with E-state index in [2.05, 4.69) is 9.80 Å². The Balaban J connectivity index is 1.29. The fourth-order valence-corrected chi connectivity index (χ4v) is 5.41. The molecule has 0 aliphatic carbocycles. The molecule has 2 fully saturated rings. The number of Topliss-reactive ketones (excluding diaryl/α,β-unsaturated/α-hetero) is 1. The number of hydrogen-bond acceptors (Lipinski definition) is 10. The van der Waals surface area contributed by atoms with Crippen molar-refractivity contribution >= 4 is 17.8 Å². The second-order valence-electron chi connectivity index (χ2n) is 10.9. The Labute approximate surface area is 246 Å². The summed E-state index contributed by atoms with van der Waals surface area (Å²) < 4.78 is 50.2. The molecule has 1 aromatic carbocycles. The lowest BCUT2D eigenvalue weighted by molar-refractivity contribution is -0.00456. The van der Waals surface area contributed by atoms with E-state index in [-0.39, 0.29) is 48.9 Å². The molecule has 232 valence electrons. The molecule has 0 spiro atoms. The number of likely N-dealkylation sites (N-methyl/N-ethyl adjacent to an activating group) is 1. The van der Waals surface area contributed by atoms with E-state index in [9.17, 15) is 28.0 Å². The molecule has 0 saturated carbocycles. The van der Waals surface area contributed by atoms with Gasteiger partial charge < -0.3 is 33.3 Å². The van der Waals surface area contributed by atoms with Crippen LogP contribution in [0.4, 0.5) is 13.6 Å². The van der Waals surface area contributed by atoms with Gasteiger partial charge in [0.1, 0.15) is 18.2 Å². The standard InChI is InChI=1S/C29H34F2N4O8/c1-18-16-41-24-15-34-14-21(23(36)6-4-19-3-5-20(30)13-22(19)31)26(37)27(25(34)28(38)35(18)24)42-17-43-29(39)40-12-11-33-9-7-32(2)8-10-33/h3,5,13-14,18,24H,4,6-12,15-17H2,1-2H3/t18-,24+/m0/s1. The SMILES string of the molecule is C[C@H]1CO[C@@H]2Cn3cc(C(=O)CCc4ccc(F)cc4F)c(=O)c(OCOC(=O)OCCN4CCN(C)CC4)c3C(=O)N12. The van der Waals surface area contributed by atoms with Gasteiger partial charge in [-0.2, -0.15) is 0 Å². The van der Waals surface area contributed by atoms with Crippen molar-refractivity contribution in [3.63, 3.8) is 0 Å². The van der Waals surface area contributed by atoms with Gasteiger partial charge in [-0.1, -0.05) is 6.07 Å². The summed E-state index contributed by atoms with van der Waals surface area (Å²) in [7, 11) is 2.04. The third-order valence-corrected chi connectivity index (χ3v) is 7.88. The topological polar surface area (TPSA) is 120 Å². The molecule has 43 heavy (non-hydrogen) atoms. The van der Waals surface area contributed by atoms with E-state index in [0.29, 0.717) is 13.2 Å². The van der Waals surface area contributed by atoms with Gasteiger partial charge in [0.25, 0.3) is 5.91 Å². The molecule has 14 heteroatoms. The van der Waals surface area contributed by atoms with Crippen LogP contribution in [0.15, 0.2) is 29.2 Å². The number of piperazine rings is 1. The predicted molar refractivity (Wildman–Crippen MR) is 147 cm³/mol. The molecule has 3 aliphatic heterocycles. The van der Waals surface area contributed by atoms with Crippen LogP contribution in [-0.2, 0) is 27.2 Å². The van der Waals surface area contributed by atoms with Crippen molar-refractivity contribution in [2.24, 2.45) is 0 Å². The molecule has 0 unspecified atom stereocenters. The minimum atomic E-state index is -1.01. The Morgan fingerprint density at radius 2 is 1.86 bits per heavy atom. The van der Waals surface area contributed by atoms with E-state index in [1.54, 1.807) is 6.92 Å². The normalized spacial score (nSPS) is 20.5. The van der Waals surface area contributed by atoms with Gasteiger partial charge in [0.2, 0.25) is 18.0 Å². The number of nitrogens with zero attached hydrogens (tertiary/aromatic N) is 4. The number of rotatable bonds is 10. The van der Waals surface area contributed by atoms with Crippen molar-refractivity contribution < 1.29 is 42.1 Å². The van der Waals surface area contributed by atoms with Crippen LogP contribution in [0.3, 0.4) is 0 Å². The molecule has 4 heterocycles. The fourth-order valence-electron chi connectivity index (χ4n) is 5.41. The molecule has 12 nitrogen and oxygen atoms in total. The van der Waals surface area contributed by atoms with Crippen LogP contribution in [0, 0.1) is 11.6 Å². The van der Waals surface area contributed by atoms with Gasteiger partial charge in [0.15, 0.2) is 17.7 Å². The number of hydrogen-bond donors (Lipinski definition) is 0. The number of amides is 1. The van der Waals surface area contributed by atoms with Gasteiger partial charge in [-0.15, -0.1) is 0 Å². The minimum absolute atomic E-state index is 0.0820. The average molecular weight is 605 g/mol. The molecule has 2 aromatic rings. The second-order valence-corrected chi connectivity index (χ2v) is 10.9. The maximum atomic E-state index is 14.1. The quantitative estimate of drug-likeness (QED) is 0.226. The molecule has 1 amide bonds. The summed E-state index contributed by atoms with van der Waals surface area (Å²) in [6, 6.07) is 2.78. The van der Waals surface area contributed by atoms with Crippen LogP contribution in [0.1, 0.15) is 39.8 Å². The Morgan fingerprint density at radius 3 is 2.60 bits per heavy atom. The Bertz CT molecular complexity index is 1440. The summed E-state index contributed by atoms with van der Waals surface area (Å²) in [5.41, 5.74) is -1.15. The van der Waals surface area contributed by atoms with Crippen molar-refractivity contribution in [2.45, 2.75) is 38.6 Å². The van der Waals surface area contributed by atoms with E-state index < -0.39 is 53.7 Å².